The van der Waals surface area contributed by atoms with Gasteiger partial charge in [0.05, 0.1) is 13.2 Å². The number of hydrogen-bond acceptors (Lipinski definition) is 6. The van der Waals surface area contributed by atoms with Crippen molar-refractivity contribution in [1.29, 1.82) is 5.41 Å². The van der Waals surface area contributed by atoms with E-state index in [0.29, 0.717) is 40.8 Å². The minimum Gasteiger partial charge on any atom is -0.494 e. The van der Waals surface area contributed by atoms with Crippen LogP contribution in [0.4, 0.5) is 5.69 Å². The minimum absolute atomic E-state index is 0. The van der Waals surface area contributed by atoms with Gasteiger partial charge in [0, 0.05) is 16.8 Å². The van der Waals surface area contributed by atoms with E-state index in [9.17, 15) is 15.0 Å². The third-order valence-electron chi connectivity index (χ3n) is 4.53. The van der Waals surface area contributed by atoms with Crippen LogP contribution in [-0.4, -0.2) is 41.8 Å². The van der Waals surface area contributed by atoms with E-state index in [1.807, 2.05) is 6.92 Å². The molecule has 2 aromatic carbocycles. The lowest BCUT2D eigenvalue weighted by Crippen LogP contribution is -2.22. The molecule has 0 saturated carbocycles. The Hall–Kier alpha value is -2.97. The molecule has 2 rings (SSSR count). The third-order valence-corrected chi connectivity index (χ3v) is 4.53. The fourth-order valence-corrected chi connectivity index (χ4v) is 3.20. The number of carboxylic acids is 1. The molecular formula is C23H32ClN3O5. The number of aliphatic hydroxyl groups excluding tert-OH is 1. The third kappa shape index (κ3) is 7.32. The molecule has 6 N–H and O–H groups in total. The SMILES string of the molecule is CCOc1cc(C(Nc2ccc(C(=N)N)cc2)C(=O)O)c(OCCO)cc1CC(C)C.Cl. The van der Waals surface area contributed by atoms with E-state index >= 15 is 0 Å². The number of carbonyl (C=O) groups is 1. The van der Waals surface area contributed by atoms with Crippen LogP contribution in [0.1, 0.15) is 43.5 Å². The number of halogens is 1. The quantitative estimate of drug-likeness (QED) is 0.238. The van der Waals surface area contributed by atoms with Crippen molar-refractivity contribution >= 4 is 29.9 Å². The molecule has 1 atom stereocenters. The molecule has 0 heterocycles. The second-order valence-electron chi connectivity index (χ2n) is 7.51. The summed E-state index contributed by atoms with van der Waals surface area (Å²) >= 11 is 0. The lowest BCUT2D eigenvalue weighted by Gasteiger charge is -2.23. The van der Waals surface area contributed by atoms with Crippen molar-refractivity contribution in [1.82, 2.24) is 0 Å². The Kier molecular flexibility index (Phi) is 10.8. The van der Waals surface area contributed by atoms with Crippen molar-refractivity contribution in [2.45, 2.75) is 33.2 Å². The molecule has 0 amide bonds. The number of ether oxygens (including phenoxy) is 2. The lowest BCUT2D eigenvalue weighted by atomic mass is 9.96. The van der Waals surface area contributed by atoms with Gasteiger partial charge in [-0.15, -0.1) is 12.4 Å². The summed E-state index contributed by atoms with van der Waals surface area (Å²) in [6, 6.07) is 8.99. The topological polar surface area (TPSA) is 138 Å². The second kappa shape index (κ2) is 12.8. The van der Waals surface area contributed by atoms with E-state index < -0.39 is 12.0 Å². The molecule has 0 radical (unpaired) electrons. The molecule has 176 valence electrons. The van der Waals surface area contributed by atoms with Gasteiger partial charge in [-0.3, -0.25) is 5.41 Å². The number of benzene rings is 2. The highest BCUT2D eigenvalue weighted by atomic mass is 35.5. The largest absolute Gasteiger partial charge is 0.494 e. The number of carboxylic acid groups (broad SMARTS) is 1. The van der Waals surface area contributed by atoms with Crippen LogP contribution in [0.2, 0.25) is 0 Å². The predicted octanol–water partition coefficient (Wildman–Crippen LogP) is 3.60. The van der Waals surface area contributed by atoms with Gasteiger partial charge in [0.15, 0.2) is 6.04 Å². The number of aliphatic carboxylic acids is 1. The summed E-state index contributed by atoms with van der Waals surface area (Å²) in [5, 5.41) is 29.7. The fraction of sp³-hybridized carbons (Fsp3) is 0.391. The Balaban J connectivity index is 0.00000512. The van der Waals surface area contributed by atoms with Crippen molar-refractivity contribution in [2.75, 3.05) is 25.1 Å². The minimum atomic E-state index is -1.12. The summed E-state index contributed by atoms with van der Waals surface area (Å²) in [7, 11) is 0. The van der Waals surface area contributed by atoms with Gasteiger partial charge in [0.2, 0.25) is 0 Å². The number of amidine groups is 1. The number of nitrogens with one attached hydrogen (secondary N) is 2. The van der Waals surface area contributed by atoms with Crippen LogP contribution < -0.4 is 20.5 Å². The summed E-state index contributed by atoms with van der Waals surface area (Å²) < 4.78 is 11.5. The molecule has 0 aliphatic heterocycles. The zero-order valence-electron chi connectivity index (χ0n) is 18.6. The molecule has 0 spiro atoms. The first-order valence-electron chi connectivity index (χ1n) is 10.2. The Bertz CT molecular complexity index is 903. The van der Waals surface area contributed by atoms with Crippen LogP contribution in [0.3, 0.4) is 0 Å². The van der Waals surface area contributed by atoms with E-state index in [-0.39, 0.29) is 31.5 Å². The Morgan fingerprint density at radius 3 is 2.31 bits per heavy atom. The molecule has 8 nitrogen and oxygen atoms in total. The summed E-state index contributed by atoms with van der Waals surface area (Å²) in [5.41, 5.74) is 7.89. The zero-order valence-corrected chi connectivity index (χ0v) is 19.4. The highest BCUT2D eigenvalue weighted by molar-refractivity contribution is 5.95. The zero-order chi connectivity index (χ0) is 23.0. The number of anilines is 1. The van der Waals surface area contributed by atoms with E-state index in [2.05, 4.69) is 19.2 Å². The van der Waals surface area contributed by atoms with E-state index in [1.54, 1.807) is 36.4 Å². The van der Waals surface area contributed by atoms with Crippen molar-refractivity contribution in [3.63, 3.8) is 0 Å². The fourth-order valence-electron chi connectivity index (χ4n) is 3.20. The molecule has 0 fully saturated rings. The monoisotopic (exact) mass is 465 g/mol. The second-order valence-corrected chi connectivity index (χ2v) is 7.51. The number of hydrogen-bond donors (Lipinski definition) is 5. The average Bonchev–Trinajstić information content (AvgIpc) is 2.72. The Morgan fingerprint density at radius 2 is 1.81 bits per heavy atom. The van der Waals surface area contributed by atoms with Gasteiger partial charge in [-0.05, 0) is 61.2 Å². The molecule has 0 aromatic heterocycles. The van der Waals surface area contributed by atoms with Gasteiger partial charge in [-0.25, -0.2) is 4.79 Å². The van der Waals surface area contributed by atoms with Gasteiger partial charge < -0.3 is 30.7 Å². The molecule has 2 aromatic rings. The normalized spacial score (nSPS) is 11.4. The standard InChI is InChI=1S/C23H31N3O5.ClH/c1-4-30-19-13-18(20(31-10-9-27)12-16(19)11-14(2)3)21(23(28)29)26-17-7-5-15(6-8-17)22(24)25;/h5-8,12-14,21,26-27H,4,9-11H2,1-3H3,(H3,24,25)(H,28,29);1H. The number of rotatable bonds is 12. The maximum atomic E-state index is 12.2. The molecule has 0 saturated heterocycles. The molecule has 0 bridgehead atoms. The van der Waals surface area contributed by atoms with Crippen molar-refractivity contribution in [2.24, 2.45) is 11.7 Å². The predicted molar refractivity (Wildman–Crippen MR) is 127 cm³/mol. The summed E-state index contributed by atoms with van der Waals surface area (Å²) in [4.78, 5) is 12.2. The first-order chi connectivity index (χ1) is 14.8. The molecule has 0 aliphatic rings. The average molecular weight is 466 g/mol. The smallest absolute Gasteiger partial charge is 0.330 e. The lowest BCUT2D eigenvalue weighted by molar-refractivity contribution is -0.138. The van der Waals surface area contributed by atoms with Crippen LogP contribution in [0.5, 0.6) is 11.5 Å². The molecule has 0 aliphatic carbocycles. The van der Waals surface area contributed by atoms with E-state index in [4.69, 9.17) is 20.6 Å². The molecule has 1 unspecified atom stereocenters. The summed E-state index contributed by atoms with van der Waals surface area (Å²) in [6.45, 7) is 6.34. The van der Waals surface area contributed by atoms with Crippen LogP contribution in [0.15, 0.2) is 36.4 Å². The number of nitrogen functional groups attached to an aromatic ring is 1. The van der Waals surface area contributed by atoms with E-state index in [1.165, 1.54) is 0 Å². The van der Waals surface area contributed by atoms with Crippen LogP contribution >= 0.6 is 12.4 Å². The van der Waals surface area contributed by atoms with Gasteiger partial charge in [0.25, 0.3) is 0 Å². The summed E-state index contributed by atoms with van der Waals surface area (Å²) in [6.07, 6.45) is 0.739. The van der Waals surface area contributed by atoms with Crippen molar-refractivity contribution in [3.8, 4) is 11.5 Å². The molecular weight excluding hydrogens is 434 g/mol. The number of nitrogens with two attached hydrogens (primary N) is 1. The highest BCUT2D eigenvalue weighted by Gasteiger charge is 2.26. The maximum absolute atomic E-state index is 12.2. The van der Waals surface area contributed by atoms with Gasteiger partial charge >= 0.3 is 5.97 Å². The van der Waals surface area contributed by atoms with Gasteiger partial charge in [-0.1, -0.05) is 13.8 Å². The molecule has 32 heavy (non-hydrogen) atoms. The Labute approximate surface area is 194 Å². The van der Waals surface area contributed by atoms with Crippen molar-refractivity contribution in [3.05, 3.63) is 53.1 Å². The summed E-state index contributed by atoms with van der Waals surface area (Å²) in [5.74, 6) is 0.201. The van der Waals surface area contributed by atoms with Gasteiger partial charge in [0.1, 0.15) is 23.9 Å². The van der Waals surface area contributed by atoms with Crippen LogP contribution in [-0.2, 0) is 11.2 Å². The van der Waals surface area contributed by atoms with Crippen LogP contribution in [0, 0.1) is 11.3 Å². The number of aliphatic hydroxyl groups is 1. The van der Waals surface area contributed by atoms with E-state index in [0.717, 1.165) is 12.0 Å². The molecule has 9 heteroatoms. The van der Waals surface area contributed by atoms with Crippen molar-refractivity contribution < 1.29 is 24.5 Å². The highest BCUT2D eigenvalue weighted by Crippen LogP contribution is 2.36. The first kappa shape index (κ1) is 27.1. The first-order valence-corrected chi connectivity index (χ1v) is 10.2. The Morgan fingerprint density at radius 1 is 1.16 bits per heavy atom. The maximum Gasteiger partial charge on any atom is 0.330 e. The van der Waals surface area contributed by atoms with Gasteiger partial charge in [-0.2, -0.15) is 0 Å². The van der Waals surface area contributed by atoms with Crippen LogP contribution in [0.25, 0.3) is 0 Å².